The molecule has 0 aliphatic carbocycles. The van der Waals surface area contributed by atoms with Crippen molar-refractivity contribution in [1.29, 1.82) is 0 Å². The molecule has 0 saturated carbocycles. The second-order valence-corrected chi connectivity index (χ2v) is 6.21. The number of ether oxygens (including phenoxy) is 1. The van der Waals surface area contributed by atoms with Crippen molar-refractivity contribution >= 4 is 9.84 Å². The number of sulfone groups is 1. The first kappa shape index (κ1) is 13.9. The zero-order valence-corrected chi connectivity index (χ0v) is 10.6. The monoisotopic (exact) mass is 261 g/mol. The predicted octanol–water partition coefficient (Wildman–Crippen LogP) is 1.27. The number of hydrogen-bond donors (Lipinski definition) is 1. The van der Waals surface area contributed by atoms with Gasteiger partial charge in [-0.15, -0.1) is 0 Å². The highest BCUT2D eigenvalue weighted by atomic mass is 32.2. The zero-order valence-electron chi connectivity index (χ0n) is 9.81. The predicted molar refractivity (Wildman–Crippen MR) is 64.2 cm³/mol. The summed E-state index contributed by atoms with van der Waals surface area (Å²) >= 11 is 0. The number of nitrogens with two attached hydrogens (primary N) is 1. The molecule has 0 aromatic heterocycles. The summed E-state index contributed by atoms with van der Waals surface area (Å²) in [5.74, 6) is -0.240. The number of hydrogen-bond acceptors (Lipinski definition) is 4. The van der Waals surface area contributed by atoms with Gasteiger partial charge in [0.15, 0.2) is 9.84 Å². The first-order valence-electron chi connectivity index (χ1n) is 5.15. The Hall–Kier alpha value is -1.14. The largest absolute Gasteiger partial charge is 0.492 e. The molecule has 0 amide bonds. The van der Waals surface area contributed by atoms with Crippen molar-refractivity contribution in [3.63, 3.8) is 0 Å². The molecule has 0 unspecified atom stereocenters. The maximum atomic E-state index is 13.5. The second-order valence-electron chi connectivity index (χ2n) is 3.95. The smallest absolute Gasteiger partial charge is 0.150 e. The van der Waals surface area contributed by atoms with Crippen LogP contribution in [0.4, 0.5) is 4.39 Å². The zero-order chi connectivity index (χ0) is 13.1. The number of benzene rings is 1. The summed E-state index contributed by atoms with van der Waals surface area (Å²) in [5.41, 5.74) is 5.96. The van der Waals surface area contributed by atoms with Gasteiger partial charge >= 0.3 is 0 Å². The van der Waals surface area contributed by atoms with Crippen LogP contribution in [0, 0.1) is 5.82 Å². The van der Waals surface area contributed by atoms with Gasteiger partial charge in [0.25, 0.3) is 0 Å². The highest BCUT2D eigenvalue weighted by Gasteiger charge is 2.08. The summed E-state index contributed by atoms with van der Waals surface area (Å²) in [4.78, 5) is 0. The van der Waals surface area contributed by atoms with Crippen LogP contribution in [0.5, 0.6) is 5.75 Å². The van der Waals surface area contributed by atoms with E-state index < -0.39 is 15.7 Å². The summed E-state index contributed by atoms with van der Waals surface area (Å²) in [7, 11) is -3.06. The molecule has 0 heterocycles. The van der Waals surface area contributed by atoms with Crippen LogP contribution in [0.3, 0.4) is 0 Å². The first-order chi connectivity index (χ1) is 7.79. The molecular weight excluding hydrogens is 245 g/mol. The van der Waals surface area contributed by atoms with E-state index in [0.717, 1.165) is 6.26 Å². The van der Waals surface area contributed by atoms with E-state index in [-0.39, 0.29) is 18.4 Å². The normalized spacial score (nSPS) is 13.4. The summed E-state index contributed by atoms with van der Waals surface area (Å²) in [5, 5.41) is 0. The minimum Gasteiger partial charge on any atom is -0.492 e. The standard InChI is InChI=1S/C11H16FNO3S/c1-8(13)10-4-3-9(7-11(10)12)16-5-6-17(2,14)15/h3-4,7-8H,5-6,13H2,1-2H3/t8-/m0/s1. The molecular formula is C11H16FNO3S. The van der Waals surface area contributed by atoms with Crippen LogP contribution in [-0.4, -0.2) is 27.0 Å². The molecule has 0 aliphatic heterocycles. The third kappa shape index (κ3) is 4.70. The molecule has 0 radical (unpaired) electrons. The van der Waals surface area contributed by atoms with Gasteiger partial charge in [-0.05, 0) is 13.0 Å². The van der Waals surface area contributed by atoms with Gasteiger partial charge in [-0.1, -0.05) is 6.07 Å². The Bertz CT molecular complexity index is 485. The van der Waals surface area contributed by atoms with E-state index in [0.29, 0.717) is 11.3 Å². The first-order valence-corrected chi connectivity index (χ1v) is 7.21. The van der Waals surface area contributed by atoms with E-state index in [1.165, 1.54) is 12.1 Å². The molecule has 1 aromatic rings. The van der Waals surface area contributed by atoms with E-state index in [1.807, 2.05) is 0 Å². The van der Waals surface area contributed by atoms with Crippen molar-refractivity contribution in [2.75, 3.05) is 18.6 Å². The molecule has 0 aliphatic rings. The Morgan fingerprint density at radius 2 is 2.12 bits per heavy atom. The number of halogens is 1. The van der Waals surface area contributed by atoms with Gasteiger partial charge in [0.05, 0.1) is 5.75 Å². The molecule has 4 nitrogen and oxygen atoms in total. The molecule has 0 saturated heterocycles. The Labute approximate surface area is 101 Å². The van der Waals surface area contributed by atoms with Crippen LogP contribution in [0.15, 0.2) is 18.2 Å². The lowest BCUT2D eigenvalue weighted by atomic mass is 10.1. The fraction of sp³-hybridized carbons (Fsp3) is 0.455. The Balaban J connectivity index is 2.65. The summed E-state index contributed by atoms with van der Waals surface area (Å²) in [6.45, 7) is 1.69. The molecule has 1 atom stereocenters. The van der Waals surface area contributed by atoms with Crippen LogP contribution in [0.2, 0.25) is 0 Å². The van der Waals surface area contributed by atoms with Crippen molar-refractivity contribution in [2.24, 2.45) is 5.73 Å². The fourth-order valence-electron chi connectivity index (χ4n) is 1.28. The summed E-state index contributed by atoms with van der Waals surface area (Å²) in [6, 6.07) is 3.93. The van der Waals surface area contributed by atoms with Gasteiger partial charge in [-0.3, -0.25) is 0 Å². The summed E-state index contributed by atoms with van der Waals surface area (Å²) in [6.07, 6.45) is 1.12. The van der Waals surface area contributed by atoms with E-state index in [4.69, 9.17) is 10.5 Å². The van der Waals surface area contributed by atoms with Crippen molar-refractivity contribution in [3.8, 4) is 5.75 Å². The van der Waals surface area contributed by atoms with E-state index in [2.05, 4.69) is 0 Å². The maximum Gasteiger partial charge on any atom is 0.150 e. The Kier molecular flexibility index (Phi) is 4.47. The molecule has 0 bridgehead atoms. The van der Waals surface area contributed by atoms with Crippen molar-refractivity contribution < 1.29 is 17.5 Å². The van der Waals surface area contributed by atoms with Crippen LogP contribution in [0.1, 0.15) is 18.5 Å². The lowest BCUT2D eigenvalue weighted by Crippen LogP contribution is -2.12. The van der Waals surface area contributed by atoms with Gasteiger partial charge in [0.1, 0.15) is 18.2 Å². The third-order valence-electron chi connectivity index (χ3n) is 2.19. The van der Waals surface area contributed by atoms with E-state index in [9.17, 15) is 12.8 Å². The SMILES string of the molecule is C[C@H](N)c1ccc(OCCS(C)(=O)=O)cc1F. The minimum absolute atomic E-state index is 0.00972. The van der Waals surface area contributed by atoms with Gasteiger partial charge in [0, 0.05) is 23.9 Å². The molecule has 2 N–H and O–H groups in total. The maximum absolute atomic E-state index is 13.5. The third-order valence-corrected chi connectivity index (χ3v) is 3.09. The quantitative estimate of drug-likeness (QED) is 0.866. The van der Waals surface area contributed by atoms with Crippen LogP contribution < -0.4 is 10.5 Å². The van der Waals surface area contributed by atoms with Gasteiger partial charge in [-0.25, -0.2) is 12.8 Å². The average molecular weight is 261 g/mol. The minimum atomic E-state index is -3.06. The molecule has 0 fully saturated rings. The van der Waals surface area contributed by atoms with Crippen LogP contribution in [0.25, 0.3) is 0 Å². The second kappa shape index (κ2) is 5.46. The molecule has 1 aromatic carbocycles. The fourth-order valence-corrected chi connectivity index (χ4v) is 1.66. The highest BCUT2D eigenvalue weighted by molar-refractivity contribution is 7.90. The molecule has 17 heavy (non-hydrogen) atoms. The van der Waals surface area contributed by atoms with Crippen LogP contribution >= 0.6 is 0 Å². The molecule has 96 valence electrons. The van der Waals surface area contributed by atoms with Crippen molar-refractivity contribution in [1.82, 2.24) is 0 Å². The molecule has 6 heteroatoms. The van der Waals surface area contributed by atoms with Crippen molar-refractivity contribution in [2.45, 2.75) is 13.0 Å². The van der Waals surface area contributed by atoms with Gasteiger partial charge in [-0.2, -0.15) is 0 Å². The Morgan fingerprint density at radius 3 is 2.59 bits per heavy atom. The topological polar surface area (TPSA) is 69.4 Å². The average Bonchev–Trinajstić information content (AvgIpc) is 2.15. The van der Waals surface area contributed by atoms with Crippen LogP contribution in [-0.2, 0) is 9.84 Å². The lowest BCUT2D eigenvalue weighted by molar-refractivity contribution is 0.338. The van der Waals surface area contributed by atoms with E-state index >= 15 is 0 Å². The van der Waals surface area contributed by atoms with Crippen molar-refractivity contribution in [3.05, 3.63) is 29.6 Å². The summed E-state index contributed by atoms with van der Waals surface area (Å²) < 4.78 is 40.3. The lowest BCUT2D eigenvalue weighted by Gasteiger charge is -2.10. The number of rotatable bonds is 5. The molecule has 1 rings (SSSR count). The Morgan fingerprint density at radius 1 is 1.47 bits per heavy atom. The van der Waals surface area contributed by atoms with Gasteiger partial charge < -0.3 is 10.5 Å². The van der Waals surface area contributed by atoms with E-state index in [1.54, 1.807) is 13.0 Å². The van der Waals surface area contributed by atoms with Gasteiger partial charge in [0.2, 0.25) is 0 Å². The highest BCUT2D eigenvalue weighted by Crippen LogP contribution is 2.20. The molecule has 0 spiro atoms.